The average molecular weight is 709 g/mol. The highest BCUT2D eigenvalue weighted by atomic mass is 35.5. The molecule has 266 valence electrons. The summed E-state index contributed by atoms with van der Waals surface area (Å²) in [4.78, 5) is 34.7. The van der Waals surface area contributed by atoms with Gasteiger partial charge in [-0.1, -0.05) is 54.0 Å². The van der Waals surface area contributed by atoms with Crippen LogP contribution in [-0.2, 0) is 23.2 Å². The van der Waals surface area contributed by atoms with Gasteiger partial charge in [0.05, 0.1) is 11.2 Å². The molecule has 1 amide bonds. The normalized spacial score (nSPS) is 23.5. The highest BCUT2D eigenvalue weighted by molar-refractivity contribution is 6.35. The van der Waals surface area contributed by atoms with Crippen LogP contribution in [0.4, 0.5) is 5.82 Å². The third-order valence-corrected chi connectivity index (χ3v) is 12.5. The molecule has 5 aliphatic rings. The number of anilines is 1. The van der Waals surface area contributed by atoms with Crippen molar-refractivity contribution >= 4 is 40.2 Å². The van der Waals surface area contributed by atoms with Crippen LogP contribution in [0, 0.1) is 0 Å². The SMILES string of the molecule is CN(c1nc(OCC23CCCN2CCC3)nc2c1CNC(c1cccc3cccc(Cl)c13)C2)[C@@H]1CCN(C(=O)/C=C/c2nc(C3(C)CC3)no2)C1. The van der Waals surface area contributed by atoms with Gasteiger partial charge in [0.25, 0.3) is 5.89 Å². The zero-order valence-electron chi connectivity index (χ0n) is 29.4. The second-order valence-electron chi connectivity index (χ2n) is 15.5. The number of amides is 1. The quantitative estimate of drug-likeness (QED) is 0.212. The Labute approximate surface area is 303 Å². The van der Waals surface area contributed by atoms with Gasteiger partial charge in [-0.15, -0.1) is 0 Å². The number of nitrogens with zero attached hydrogens (tertiary/aromatic N) is 7. The molecule has 2 aromatic heterocycles. The molecule has 1 saturated carbocycles. The molecule has 0 radical (unpaired) electrons. The monoisotopic (exact) mass is 708 g/mol. The van der Waals surface area contributed by atoms with E-state index in [2.05, 4.69) is 63.5 Å². The minimum atomic E-state index is -0.0628. The van der Waals surface area contributed by atoms with Gasteiger partial charge in [-0.3, -0.25) is 9.69 Å². The number of ether oxygens (including phenoxy) is 1. The van der Waals surface area contributed by atoms with Crippen molar-refractivity contribution < 1.29 is 14.1 Å². The summed E-state index contributed by atoms with van der Waals surface area (Å²) in [5.41, 5.74) is 3.35. The van der Waals surface area contributed by atoms with E-state index in [1.165, 1.54) is 18.4 Å². The third kappa shape index (κ3) is 6.06. The smallest absolute Gasteiger partial charge is 0.318 e. The van der Waals surface area contributed by atoms with E-state index in [0.717, 1.165) is 83.9 Å². The largest absolute Gasteiger partial charge is 0.461 e. The summed E-state index contributed by atoms with van der Waals surface area (Å²) in [5.74, 6) is 1.89. The third-order valence-electron chi connectivity index (χ3n) is 12.2. The number of rotatable bonds is 9. The molecule has 12 heteroatoms. The van der Waals surface area contributed by atoms with E-state index >= 15 is 0 Å². The minimum Gasteiger partial charge on any atom is -0.461 e. The maximum atomic E-state index is 13.3. The first-order chi connectivity index (χ1) is 24.8. The highest BCUT2D eigenvalue weighted by Crippen LogP contribution is 2.46. The molecule has 1 N–H and O–H groups in total. The van der Waals surface area contributed by atoms with Crippen LogP contribution in [0.2, 0.25) is 5.02 Å². The molecule has 51 heavy (non-hydrogen) atoms. The number of aromatic nitrogens is 4. The second-order valence-corrected chi connectivity index (χ2v) is 15.9. The number of likely N-dealkylation sites (tertiary alicyclic amines) is 1. The van der Waals surface area contributed by atoms with Crippen molar-refractivity contribution in [3.8, 4) is 6.01 Å². The first kappa shape index (κ1) is 32.8. The van der Waals surface area contributed by atoms with Crippen LogP contribution in [0.15, 0.2) is 47.0 Å². The number of carbonyl (C=O) groups excluding carboxylic acids is 1. The molecule has 0 bridgehead atoms. The van der Waals surface area contributed by atoms with E-state index < -0.39 is 0 Å². The standard InChI is InChI=1S/C39H45ClN8O3/c1-38(16-17-38)36-43-32(51-45-36)11-12-33(49)47-20-13-26(23-47)46(2)35-28-22-41-30(27-9-3-7-25-8-4-10-29(40)34(25)27)21-31(28)42-37(44-35)50-24-39-14-5-18-48(39)19-6-15-39/h3-4,7-12,26,30,41H,5-6,13-24H2,1-2H3/b12-11+/t26-,30?/m1/s1. The van der Waals surface area contributed by atoms with E-state index in [0.29, 0.717) is 44.6 Å². The lowest BCUT2D eigenvalue weighted by atomic mass is 9.91. The fourth-order valence-corrected chi connectivity index (χ4v) is 9.11. The van der Waals surface area contributed by atoms with Crippen molar-refractivity contribution in [3.05, 3.63) is 76.0 Å². The van der Waals surface area contributed by atoms with E-state index in [1.54, 1.807) is 12.2 Å². The molecule has 1 aliphatic carbocycles. The number of nitrogens with one attached hydrogen (secondary N) is 1. The summed E-state index contributed by atoms with van der Waals surface area (Å²) < 4.78 is 12.0. The zero-order valence-corrected chi connectivity index (χ0v) is 30.2. The molecule has 4 fully saturated rings. The van der Waals surface area contributed by atoms with E-state index in [9.17, 15) is 4.79 Å². The molecule has 11 nitrogen and oxygen atoms in total. The van der Waals surface area contributed by atoms with Crippen LogP contribution in [0.5, 0.6) is 6.01 Å². The van der Waals surface area contributed by atoms with Gasteiger partial charge in [-0.2, -0.15) is 15.0 Å². The molecule has 2 atom stereocenters. The number of hydrogen-bond acceptors (Lipinski definition) is 10. The van der Waals surface area contributed by atoms with E-state index in [4.69, 9.17) is 30.8 Å². The summed E-state index contributed by atoms with van der Waals surface area (Å²) in [6.07, 6.45) is 11.6. The van der Waals surface area contributed by atoms with E-state index in [-0.39, 0.29) is 28.9 Å². The first-order valence-electron chi connectivity index (χ1n) is 18.5. The van der Waals surface area contributed by atoms with Crippen molar-refractivity contribution in [3.63, 3.8) is 0 Å². The summed E-state index contributed by atoms with van der Waals surface area (Å²) >= 11 is 6.77. The fourth-order valence-electron chi connectivity index (χ4n) is 8.82. The molecular formula is C39H45ClN8O3. The highest BCUT2D eigenvalue weighted by Gasteiger charge is 2.45. The Morgan fingerprint density at radius 1 is 1.10 bits per heavy atom. The molecule has 0 spiro atoms. The van der Waals surface area contributed by atoms with Crippen LogP contribution >= 0.6 is 11.6 Å². The Morgan fingerprint density at radius 2 is 1.90 bits per heavy atom. The van der Waals surface area contributed by atoms with Gasteiger partial charge in [-0.25, -0.2) is 0 Å². The lowest BCUT2D eigenvalue weighted by molar-refractivity contribution is -0.124. The number of benzene rings is 2. The lowest BCUT2D eigenvalue weighted by Gasteiger charge is -2.34. The van der Waals surface area contributed by atoms with Gasteiger partial charge >= 0.3 is 6.01 Å². The van der Waals surface area contributed by atoms with Crippen molar-refractivity contribution in [1.82, 2.24) is 35.2 Å². The van der Waals surface area contributed by atoms with Crippen molar-refractivity contribution in [1.29, 1.82) is 0 Å². The van der Waals surface area contributed by atoms with Crippen LogP contribution in [0.3, 0.4) is 0 Å². The van der Waals surface area contributed by atoms with Gasteiger partial charge in [0.1, 0.15) is 12.4 Å². The molecule has 1 unspecified atom stereocenters. The van der Waals surface area contributed by atoms with Crippen LogP contribution in [0.1, 0.15) is 86.4 Å². The number of halogens is 1. The Kier molecular flexibility index (Phi) is 8.28. The van der Waals surface area contributed by atoms with Crippen molar-refractivity contribution in [2.75, 3.05) is 44.7 Å². The molecular weight excluding hydrogens is 664 g/mol. The minimum absolute atomic E-state index is 0.0184. The second kappa shape index (κ2) is 12.9. The maximum absolute atomic E-state index is 13.3. The number of fused-ring (bicyclic) bond motifs is 3. The van der Waals surface area contributed by atoms with Gasteiger partial charge in [0.2, 0.25) is 5.91 Å². The molecule has 4 aromatic rings. The molecule has 6 heterocycles. The first-order valence-corrected chi connectivity index (χ1v) is 18.9. The predicted molar refractivity (Wildman–Crippen MR) is 196 cm³/mol. The Hall–Kier alpha value is -4.06. The van der Waals surface area contributed by atoms with Gasteiger partial charge < -0.3 is 24.4 Å². The average Bonchev–Trinajstić information content (AvgIpc) is 3.65. The van der Waals surface area contributed by atoms with Crippen LogP contribution in [-0.4, -0.2) is 87.2 Å². The van der Waals surface area contributed by atoms with Crippen molar-refractivity contribution in [2.45, 2.75) is 87.9 Å². The summed E-state index contributed by atoms with van der Waals surface area (Å²) in [5, 5.41) is 10.9. The topological polar surface area (TPSA) is 113 Å². The van der Waals surface area contributed by atoms with Crippen molar-refractivity contribution in [2.24, 2.45) is 0 Å². The summed E-state index contributed by atoms with van der Waals surface area (Å²) in [6.45, 7) is 6.88. The maximum Gasteiger partial charge on any atom is 0.318 e. The Bertz CT molecular complexity index is 1990. The molecule has 4 aliphatic heterocycles. The van der Waals surface area contributed by atoms with Gasteiger partial charge in [-0.05, 0) is 75.1 Å². The Morgan fingerprint density at radius 3 is 2.71 bits per heavy atom. The molecule has 9 rings (SSSR count). The number of likely N-dealkylation sites (N-methyl/N-ethyl adjacent to an activating group) is 1. The number of hydrogen-bond donors (Lipinski definition) is 1. The molecule has 3 saturated heterocycles. The van der Waals surface area contributed by atoms with E-state index in [1.807, 2.05) is 17.0 Å². The molecule has 2 aromatic carbocycles. The van der Waals surface area contributed by atoms with Crippen LogP contribution in [0.25, 0.3) is 16.8 Å². The predicted octanol–water partition coefficient (Wildman–Crippen LogP) is 5.86. The fraction of sp³-hybridized carbons (Fsp3) is 0.513. The van der Waals surface area contributed by atoms with Gasteiger partial charge in [0.15, 0.2) is 5.82 Å². The number of carbonyl (C=O) groups is 1. The Balaban J connectivity index is 0.966. The van der Waals surface area contributed by atoms with Gasteiger partial charge in [0, 0.05) is 78.7 Å². The summed E-state index contributed by atoms with van der Waals surface area (Å²) in [6, 6.07) is 13.0. The summed E-state index contributed by atoms with van der Waals surface area (Å²) in [7, 11) is 2.09. The van der Waals surface area contributed by atoms with Crippen LogP contribution < -0.4 is 15.0 Å². The zero-order chi connectivity index (χ0) is 34.7. The lowest BCUT2D eigenvalue weighted by Crippen LogP contribution is -2.43.